The third kappa shape index (κ3) is 3.83. The van der Waals surface area contributed by atoms with Crippen LogP contribution in [0.3, 0.4) is 0 Å². The molecule has 0 atom stereocenters. The zero-order valence-electron chi connectivity index (χ0n) is 13.4. The largest absolute Gasteiger partial charge is 0.487 e. The van der Waals surface area contributed by atoms with E-state index in [1.54, 1.807) is 6.92 Å². The summed E-state index contributed by atoms with van der Waals surface area (Å²) in [5.41, 5.74) is 2.26. The fraction of sp³-hybridized carbons (Fsp3) is 0.316. The lowest BCUT2D eigenvalue weighted by Gasteiger charge is -2.36. The molecule has 0 radical (unpaired) electrons. The van der Waals surface area contributed by atoms with Crippen molar-refractivity contribution >= 4 is 11.6 Å². The molecule has 0 spiro atoms. The Balaban J connectivity index is 1.67. The third-order valence-corrected chi connectivity index (χ3v) is 4.17. The maximum Gasteiger partial charge on any atom is 0.219 e. The number of ether oxygens (including phenoxy) is 1. The minimum absolute atomic E-state index is 0.151. The minimum Gasteiger partial charge on any atom is -0.487 e. The molecule has 0 unspecified atom stereocenters. The van der Waals surface area contributed by atoms with Crippen LogP contribution in [0.1, 0.15) is 12.5 Å². The normalized spacial score (nSPS) is 14.7. The molecule has 0 N–H and O–H groups in total. The zero-order valence-corrected chi connectivity index (χ0v) is 13.4. The summed E-state index contributed by atoms with van der Waals surface area (Å²) in [4.78, 5) is 15.6. The van der Waals surface area contributed by atoms with Crippen LogP contribution < -0.4 is 9.64 Å². The van der Waals surface area contributed by atoms with Crippen LogP contribution in [0.25, 0.3) is 0 Å². The van der Waals surface area contributed by atoms with E-state index < -0.39 is 0 Å². The maximum absolute atomic E-state index is 11.5. The summed E-state index contributed by atoms with van der Waals surface area (Å²) in [6.07, 6.45) is 0. The van der Waals surface area contributed by atoms with Crippen LogP contribution in [-0.2, 0) is 11.4 Å². The summed E-state index contributed by atoms with van der Waals surface area (Å²) in [6.45, 7) is 5.40. The van der Waals surface area contributed by atoms with E-state index in [4.69, 9.17) is 4.74 Å². The first-order valence-corrected chi connectivity index (χ1v) is 8.00. The molecule has 0 aliphatic carbocycles. The highest BCUT2D eigenvalue weighted by Crippen LogP contribution is 2.29. The van der Waals surface area contributed by atoms with Gasteiger partial charge in [-0.1, -0.05) is 42.5 Å². The smallest absolute Gasteiger partial charge is 0.219 e. The topological polar surface area (TPSA) is 32.8 Å². The predicted octanol–water partition coefficient (Wildman–Crippen LogP) is 2.93. The third-order valence-electron chi connectivity index (χ3n) is 4.17. The van der Waals surface area contributed by atoms with E-state index >= 15 is 0 Å². The van der Waals surface area contributed by atoms with E-state index in [0.717, 1.165) is 43.2 Å². The average Bonchev–Trinajstić information content (AvgIpc) is 2.61. The summed E-state index contributed by atoms with van der Waals surface area (Å²) in [6, 6.07) is 18.3. The highest BCUT2D eigenvalue weighted by atomic mass is 16.5. The Hall–Kier alpha value is -2.49. The van der Waals surface area contributed by atoms with Gasteiger partial charge in [-0.3, -0.25) is 4.79 Å². The van der Waals surface area contributed by atoms with Crippen molar-refractivity contribution in [2.24, 2.45) is 0 Å². The second-order valence-electron chi connectivity index (χ2n) is 5.74. The minimum atomic E-state index is 0.151. The van der Waals surface area contributed by atoms with Crippen LogP contribution in [0.15, 0.2) is 54.6 Å². The molecule has 0 aromatic heterocycles. The molecule has 1 heterocycles. The van der Waals surface area contributed by atoms with Gasteiger partial charge in [-0.2, -0.15) is 0 Å². The van der Waals surface area contributed by atoms with Crippen LogP contribution in [-0.4, -0.2) is 37.0 Å². The Morgan fingerprint density at radius 3 is 2.30 bits per heavy atom. The van der Waals surface area contributed by atoms with E-state index in [9.17, 15) is 4.79 Å². The van der Waals surface area contributed by atoms with Crippen molar-refractivity contribution in [1.82, 2.24) is 4.90 Å². The number of nitrogens with zero attached hydrogens (tertiary/aromatic N) is 2. The van der Waals surface area contributed by atoms with E-state index in [2.05, 4.69) is 23.1 Å². The van der Waals surface area contributed by atoms with Crippen molar-refractivity contribution in [2.75, 3.05) is 31.1 Å². The molecule has 1 saturated heterocycles. The summed E-state index contributed by atoms with van der Waals surface area (Å²) < 4.78 is 6.03. The summed E-state index contributed by atoms with van der Waals surface area (Å²) in [5, 5.41) is 0. The van der Waals surface area contributed by atoms with Gasteiger partial charge in [-0.25, -0.2) is 0 Å². The molecule has 1 amide bonds. The van der Waals surface area contributed by atoms with Gasteiger partial charge in [-0.15, -0.1) is 0 Å². The van der Waals surface area contributed by atoms with Gasteiger partial charge in [0.25, 0.3) is 0 Å². The number of carbonyl (C=O) groups is 1. The molecule has 3 rings (SSSR count). The molecule has 2 aromatic rings. The number of benzene rings is 2. The number of para-hydroxylation sites is 2. The van der Waals surface area contributed by atoms with E-state index in [1.165, 1.54) is 0 Å². The molecule has 120 valence electrons. The van der Waals surface area contributed by atoms with Gasteiger partial charge in [0, 0.05) is 33.1 Å². The maximum atomic E-state index is 11.5. The Bertz CT molecular complexity index is 649. The van der Waals surface area contributed by atoms with Gasteiger partial charge in [0.2, 0.25) is 5.91 Å². The molecular formula is C19H22N2O2. The van der Waals surface area contributed by atoms with Crippen LogP contribution in [0.5, 0.6) is 5.75 Å². The van der Waals surface area contributed by atoms with Crippen molar-refractivity contribution < 1.29 is 9.53 Å². The predicted molar refractivity (Wildman–Crippen MR) is 91.7 cm³/mol. The fourth-order valence-corrected chi connectivity index (χ4v) is 2.84. The van der Waals surface area contributed by atoms with E-state index in [1.807, 2.05) is 41.3 Å². The highest BCUT2D eigenvalue weighted by Gasteiger charge is 2.20. The van der Waals surface area contributed by atoms with Crippen molar-refractivity contribution in [1.29, 1.82) is 0 Å². The number of hydrogen-bond acceptors (Lipinski definition) is 3. The van der Waals surface area contributed by atoms with Crippen molar-refractivity contribution in [3.8, 4) is 5.75 Å². The number of rotatable bonds is 4. The first kappa shape index (κ1) is 15.4. The average molecular weight is 310 g/mol. The number of amides is 1. The molecule has 2 aromatic carbocycles. The van der Waals surface area contributed by atoms with Crippen LogP contribution in [0.2, 0.25) is 0 Å². The lowest BCUT2D eigenvalue weighted by Crippen LogP contribution is -2.48. The SMILES string of the molecule is CC(=O)N1CCN(c2ccccc2OCc2ccccc2)CC1. The van der Waals surface area contributed by atoms with Crippen molar-refractivity contribution in [3.05, 3.63) is 60.2 Å². The quantitative estimate of drug-likeness (QED) is 0.870. The first-order chi connectivity index (χ1) is 11.2. The van der Waals surface area contributed by atoms with Crippen molar-refractivity contribution in [2.45, 2.75) is 13.5 Å². The Morgan fingerprint density at radius 1 is 0.957 bits per heavy atom. The monoisotopic (exact) mass is 310 g/mol. The molecule has 4 nitrogen and oxygen atoms in total. The first-order valence-electron chi connectivity index (χ1n) is 8.00. The van der Waals surface area contributed by atoms with E-state index in [0.29, 0.717) is 6.61 Å². The zero-order chi connectivity index (χ0) is 16.1. The second kappa shape index (κ2) is 7.18. The molecule has 23 heavy (non-hydrogen) atoms. The Morgan fingerprint density at radius 2 is 1.61 bits per heavy atom. The number of anilines is 1. The molecule has 1 fully saturated rings. The Labute approximate surface area is 137 Å². The molecule has 1 aliphatic heterocycles. The van der Waals surface area contributed by atoms with Crippen LogP contribution >= 0.6 is 0 Å². The van der Waals surface area contributed by atoms with Crippen LogP contribution in [0, 0.1) is 0 Å². The van der Waals surface area contributed by atoms with Crippen molar-refractivity contribution in [3.63, 3.8) is 0 Å². The van der Waals surface area contributed by atoms with Crippen LogP contribution in [0.4, 0.5) is 5.69 Å². The Kier molecular flexibility index (Phi) is 4.81. The van der Waals surface area contributed by atoms with Gasteiger partial charge in [0.05, 0.1) is 5.69 Å². The molecule has 4 heteroatoms. The molecule has 0 saturated carbocycles. The number of piperazine rings is 1. The molecular weight excluding hydrogens is 288 g/mol. The molecule has 0 bridgehead atoms. The lowest BCUT2D eigenvalue weighted by molar-refractivity contribution is -0.129. The summed E-state index contributed by atoms with van der Waals surface area (Å²) in [7, 11) is 0. The number of hydrogen-bond donors (Lipinski definition) is 0. The molecule has 1 aliphatic rings. The summed E-state index contributed by atoms with van der Waals surface area (Å²) in [5.74, 6) is 1.05. The second-order valence-corrected chi connectivity index (χ2v) is 5.74. The fourth-order valence-electron chi connectivity index (χ4n) is 2.84. The highest BCUT2D eigenvalue weighted by molar-refractivity contribution is 5.73. The number of carbonyl (C=O) groups excluding carboxylic acids is 1. The van der Waals surface area contributed by atoms with E-state index in [-0.39, 0.29) is 5.91 Å². The van der Waals surface area contributed by atoms with Gasteiger partial charge < -0.3 is 14.5 Å². The van der Waals surface area contributed by atoms with Gasteiger partial charge in [0.15, 0.2) is 0 Å². The van der Waals surface area contributed by atoms with Gasteiger partial charge in [0.1, 0.15) is 12.4 Å². The van der Waals surface area contributed by atoms with Gasteiger partial charge >= 0.3 is 0 Å². The lowest BCUT2D eigenvalue weighted by atomic mass is 10.2. The summed E-state index contributed by atoms with van der Waals surface area (Å²) >= 11 is 0. The van der Waals surface area contributed by atoms with Gasteiger partial charge in [-0.05, 0) is 17.7 Å². The standard InChI is InChI=1S/C19H22N2O2/c1-16(22)20-11-13-21(14-12-20)18-9-5-6-10-19(18)23-15-17-7-3-2-4-8-17/h2-10H,11-15H2,1H3.